The molecule has 3 rings (SSSR count). The first-order valence-electron chi connectivity index (χ1n) is 8.14. The van der Waals surface area contributed by atoms with Crippen LogP contribution < -0.4 is 0 Å². The molecule has 2 amide bonds. The highest BCUT2D eigenvalue weighted by molar-refractivity contribution is 5.92. The SMILES string of the molecule is CC(=O)N1CCO[C@@H]2CN(C(=O)c3cccc(C)n3)CC[C@@H]2C1. The van der Waals surface area contributed by atoms with Gasteiger partial charge in [-0.05, 0) is 25.5 Å². The van der Waals surface area contributed by atoms with Crippen LogP contribution in [0.4, 0.5) is 0 Å². The highest BCUT2D eigenvalue weighted by Crippen LogP contribution is 2.25. The fraction of sp³-hybridized carbons (Fsp3) is 0.588. The van der Waals surface area contributed by atoms with Crippen LogP contribution in [0.5, 0.6) is 0 Å². The van der Waals surface area contributed by atoms with Gasteiger partial charge in [-0.25, -0.2) is 4.98 Å². The van der Waals surface area contributed by atoms with Crippen LogP contribution in [0.15, 0.2) is 18.2 Å². The molecule has 1 aromatic rings. The Kier molecular flexibility index (Phi) is 4.61. The fourth-order valence-corrected chi connectivity index (χ4v) is 3.35. The zero-order valence-electron chi connectivity index (χ0n) is 13.7. The Hall–Kier alpha value is -1.95. The summed E-state index contributed by atoms with van der Waals surface area (Å²) in [6, 6.07) is 5.50. The predicted octanol–water partition coefficient (Wildman–Crippen LogP) is 1.10. The van der Waals surface area contributed by atoms with Crippen LogP contribution in [-0.4, -0.2) is 65.5 Å². The van der Waals surface area contributed by atoms with E-state index >= 15 is 0 Å². The Balaban J connectivity index is 1.68. The third kappa shape index (κ3) is 3.52. The first-order valence-corrected chi connectivity index (χ1v) is 8.14. The molecule has 0 radical (unpaired) electrons. The molecular weight excluding hydrogens is 294 g/mol. The van der Waals surface area contributed by atoms with E-state index in [2.05, 4.69) is 4.98 Å². The lowest BCUT2D eigenvalue weighted by atomic mass is 9.93. The summed E-state index contributed by atoms with van der Waals surface area (Å²) in [5, 5.41) is 0. The molecule has 0 N–H and O–H groups in total. The molecule has 0 aliphatic carbocycles. The molecule has 0 bridgehead atoms. The van der Waals surface area contributed by atoms with Crippen molar-refractivity contribution in [1.82, 2.24) is 14.8 Å². The molecule has 6 heteroatoms. The Morgan fingerprint density at radius 2 is 2.04 bits per heavy atom. The lowest BCUT2D eigenvalue weighted by Crippen LogP contribution is -2.49. The van der Waals surface area contributed by atoms with Gasteiger partial charge in [0, 0.05) is 44.7 Å². The number of carbonyl (C=O) groups is 2. The minimum Gasteiger partial charge on any atom is -0.374 e. The van der Waals surface area contributed by atoms with Crippen molar-refractivity contribution >= 4 is 11.8 Å². The van der Waals surface area contributed by atoms with E-state index in [9.17, 15) is 9.59 Å². The van der Waals surface area contributed by atoms with Crippen LogP contribution in [0.2, 0.25) is 0 Å². The Bertz CT molecular complexity index is 605. The molecule has 3 heterocycles. The number of hydrogen-bond acceptors (Lipinski definition) is 4. The number of pyridine rings is 1. The van der Waals surface area contributed by atoms with Crippen molar-refractivity contribution in [2.75, 3.05) is 32.8 Å². The van der Waals surface area contributed by atoms with E-state index in [1.807, 2.05) is 28.9 Å². The zero-order chi connectivity index (χ0) is 16.4. The lowest BCUT2D eigenvalue weighted by molar-refractivity contribution is -0.129. The summed E-state index contributed by atoms with van der Waals surface area (Å²) in [6.07, 6.45) is 0.855. The van der Waals surface area contributed by atoms with Gasteiger partial charge in [-0.3, -0.25) is 9.59 Å². The summed E-state index contributed by atoms with van der Waals surface area (Å²) in [6.45, 7) is 6.64. The summed E-state index contributed by atoms with van der Waals surface area (Å²) in [7, 11) is 0. The summed E-state index contributed by atoms with van der Waals surface area (Å²) in [5.74, 6) is 0.357. The van der Waals surface area contributed by atoms with Crippen LogP contribution in [0.25, 0.3) is 0 Å². The molecule has 23 heavy (non-hydrogen) atoms. The van der Waals surface area contributed by atoms with Crippen LogP contribution in [0.3, 0.4) is 0 Å². The maximum Gasteiger partial charge on any atom is 0.272 e. The summed E-state index contributed by atoms with van der Waals surface area (Å²) in [4.78, 5) is 32.2. The number of aryl methyl sites for hydroxylation is 1. The van der Waals surface area contributed by atoms with Gasteiger partial charge in [0.1, 0.15) is 5.69 Å². The zero-order valence-corrected chi connectivity index (χ0v) is 13.7. The van der Waals surface area contributed by atoms with E-state index in [0.29, 0.717) is 37.9 Å². The van der Waals surface area contributed by atoms with Gasteiger partial charge in [0.05, 0.1) is 12.7 Å². The molecule has 0 aromatic carbocycles. The Morgan fingerprint density at radius 3 is 2.78 bits per heavy atom. The molecule has 2 fully saturated rings. The van der Waals surface area contributed by atoms with Crippen molar-refractivity contribution in [1.29, 1.82) is 0 Å². The second kappa shape index (κ2) is 6.66. The van der Waals surface area contributed by atoms with Crippen LogP contribution >= 0.6 is 0 Å². The second-order valence-electron chi connectivity index (χ2n) is 6.34. The van der Waals surface area contributed by atoms with E-state index in [0.717, 1.165) is 18.7 Å². The first-order chi connectivity index (χ1) is 11.0. The monoisotopic (exact) mass is 317 g/mol. The van der Waals surface area contributed by atoms with Gasteiger partial charge < -0.3 is 14.5 Å². The van der Waals surface area contributed by atoms with Gasteiger partial charge in [-0.15, -0.1) is 0 Å². The number of piperidine rings is 1. The molecule has 0 saturated carbocycles. The fourth-order valence-electron chi connectivity index (χ4n) is 3.35. The number of likely N-dealkylation sites (tertiary alicyclic amines) is 1. The van der Waals surface area contributed by atoms with Gasteiger partial charge in [0.2, 0.25) is 5.91 Å². The van der Waals surface area contributed by atoms with Gasteiger partial charge in [-0.1, -0.05) is 6.07 Å². The molecular formula is C17H23N3O3. The van der Waals surface area contributed by atoms with Crippen LogP contribution in [0, 0.1) is 12.8 Å². The highest BCUT2D eigenvalue weighted by atomic mass is 16.5. The number of hydrogen-bond donors (Lipinski definition) is 0. The van der Waals surface area contributed by atoms with Gasteiger partial charge in [0.15, 0.2) is 0 Å². The molecule has 2 atom stereocenters. The highest BCUT2D eigenvalue weighted by Gasteiger charge is 2.36. The molecule has 124 valence electrons. The number of carbonyl (C=O) groups excluding carboxylic acids is 2. The largest absolute Gasteiger partial charge is 0.374 e. The molecule has 0 unspecified atom stereocenters. The quantitative estimate of drug-likeness (QED) is 0.778. The maximum atomic E-state index is 12.6. The van der Waals surface area contributed by atoms with Crippen molar-refractivity contribution in [3.05, 3.63) is 29.6 Å². The average molecular weight is 317 g/mol. The normalized spacial score (nSPS) is 24.8. The van der Waals surface area contributed by atoms with Gasteiger partial charge >= 0.3 is 0 Å². The number of aromatic nitrogens is 1. The van der Waals surface area contributed by atoms with Crippen molar-refractivity contribution in [2.24, 2.45) is 5.92 Å². The maximum absolute atomic E-state index is 12.6. The third-order valence-corrected chi connectivity index (χ3v) is 4.68. The lowest BCUT2D eigenvalue weighted by Gasteiger charge is -2.37. The predicted molar refractivity (Wildman–Crippen MR) is 85.0 cm³/mol. The number of ether oxygens (including phenoxy) is 1. The summed E-state index contributed by atoms with van der Waals surface area (Å²) >= 11 is 0. The van der Waals surface area contributed by atoms with E-state index in [4.69, 9.17) is 4.74 Å². The minimum atomic E-state index is -0.0385. The molecule has 0 spiro atoms. The number of fused-ring (bicyclic) bond motifs is 1. The topological polar surface area (TPSA) is 62.7 Å². The third-order valence-electron chi connectivity index (χ3n) is 4.68. The smallest absolute Gasteiger partial charge is 0.272 e. The van der Waals surface area contributed by atoms with Crippen LogP contribution in [-0.2, 0) is 9.53 Å². The number of rotatable bonds is 1. The first kappa shape index (κ1) is 15.9. The molecule has 2 aliphatic rings. The van der Waals surface area contributed by atoms with E-state index in [1.54, 1.807) is 13.0 Å². The summed E-state index contributed by atoms with van der Waals surface area (Å²) < 4.78 is 5.92. The summed E-state index contributed by atoms with van der Waals surface area (Å²) in [5.41, 5.74) is 1.33. The van der Waals surface area contributed by atoms with Crippen molar-refractivity contribution < 1.29 is 14.3 Å². The average Bonchev–Trinajstić information content (AvgIpc) is 2.75. The molecule has 6 nitrogen and oxygen atoms in total. The standard InChI is InChI=1S/C17H23N3O3/c1-12-4-3-5-15(18-12)17(22)20-7-6-14-10-19(13(2)21)8-9-23-16(14)11-20/h3-5,14,16H,6-11H2,1-2H3/t14-,16-/m1/s1. The number of amides is 2. The van der Waals surface area contributed by atoms with Crippen molar-refractivity contribution in [3.8, 4) is 0 Å². The van der Waals surface area contributed by atoms with E-state index in [-0.39, 0.29) is 17.9 Å². The Morgan fingerprint density at radius 1 is 1.22 bits per heavy atom. The van der Waals surface area contributed by atoms with Crippen molar-refractivity contribution in [3.63, 3.8) is 0 Å². The van der Waals surface area contributed by atoms with Gasteiger partial charge in [-0.2, -0.15) is 0 Å². The Labute approximate surface area is 136 Å². The van der Waals surface area contributed by atoms with Crippen LogP contribution in [0.1, 0.15) is 29.5 Å². The van der Waals surface area contributed by atoms with E-state index < -0.39 is 0 Å². The second-order valence-corrected chi connectivity index (χ2v) is 6.34. The molecule has 2 aliphatic heterocycles. The minimum absolute atomic E-state index is 0.00172. The molecule has 2 saturated heterocycles. The number of nitrogens with zero attached hydrogens (tertiary/aromatic N) is 3. The molecule has 1 aromatic heterocycles. The van der Waals surface area contributed by atoms with Gasteiger partial charge in [0.25, 0.3) is 5.91 Å². The van der Waals surface area contributed by atoms with E-state index in [1.165, 1.54) is 0 Å². The van der Waals surface area contributed by atoms with Crippen molar-refractivity contribution in [2.45, 2.75) is 26.4 Å².